The second-order valence-corrected chi connectivity index (χ2v) is 5.22. The van der Waals surface area contributed by atoms with Crippen LogP contribution in [0.4, 0.5) is 8.78 Å². The van der Waals surface area contributed by atoms with Gasteiger partial charge >= 0.3 is 12.6 Å². The highest BCUT2D eigenvalue weighted by Crippen LogP contribution is 2.35. The van der Waals surface area contributed by atoms with Crippen LogP contribution in [-0.4, -0.2) is 24.2 Å². The zero-order valence-corrected chi connectivity index (χ0v) is 12.2. The van der Waals surface area contributed by atoms with Gasteiger partial charge in [-0.3, -0.25) is 0 Å². The molecule has 112 valence electrons. The molecule has 0 aliphatic rings. The van der Waals surface area contributed by atoms with Gasteiger partial charge in [-0.2, -0.15) is 8.78 Å². The van der Waals surface area contributed by atoms with Crippen LogP contribution >= 0.6 is 11.3 Å². The number of benzene rings is 1. The smallest absolute Gasteiger partial charge is 0.387 e. The zero-order chi connectivity index (χ0) is 15.4. The van der Waals surface area contributed by atoms with Gasteiger partial charge < -0.3 is 9.47 Å². The maximum Gasteiger partial charge on any atom is 0.387 e. The molecule has 2 rings (SSSR count). The number of esters is 1. The molecule has 0 unspecified atom stereocenters. The van der Waals surface area contributed by atoms with Crippen molar-refractivity contribution in [3.05, 3.63) is 34.8 Å². The van der Waals surface area contributed by atoms with Crippen molar-refractivity contribution >= 4 is 17.3 Å². The Balaban J connectivity index is 2.39. The topological polar surface area (TPSA) is 48.4 Å². The molecule has 1 aromatic heterocycles. The summed E-state index contributed by atoms with van der Waals surface area (Å²) in [6.45, 7) is 0.753. The molecule has 4 nitrogen and oxygen atoms in total. The number of hydrogen-bond acceptors (Lipinski definition) is 5. The van der Waals surface area contributed by atoms with E-state index in [1.807, 2.05) is 0 Å². The number of aromatic nitrogens is 1. The first-order chi connectivity index (χ1) is 10.0. The third-order valence-electron chi connectivity index (χ3n) is 2.60. The quantitative estimate of drug-likeness (QED) is 0.786. The van der Waals surface area contributed by atoms with E-state index in [9.17, 15) is 13.6 Å². The highest BCUT2D eigenvalue weighted by Gasteiger charge is 2.20. The number of carbonyl (C=O) groups is 1. The van der Waals surface area contributed by atoms with Gasteiger partial charge in [-0.25, -0.2) is 9.78 Å². The maximum absolute atomic E-state index is 12.4. The lowest BCUT2D eigenvalue weighted by Crippen LogP contribution is -2.06. The Labute approximate surface area is 124 Å². The number of thiazole rings is 1. The number of nitrogens with zero attached hydrogens (tertiary/aromatic N) is 1. The molecule has 21 heavy (non-hydrogen) atoms. The molecule has 1 aromatic carbocycles. The molecule has 0 aliphatic carbocycles. The monoisotopic (exact) mass is 313 g/mol. The van der Waals surface area contributed by atoms with E-state index in [0.717, 1.165) is 0 Å². The summed E-state index contributed by atoms with van der Waals surface area (Å²) in [6.07, 6.45) is 0. The normalized spacial score (nSPS) is 10.7. The molecule has 7 heteroatoms. The van der Waals surface area contributed by atoms with Gasteiger partial charge in [-0.1, -0.05) is 12.1 Å². The lowest BCUT2D eigenvalue weighted by Gasteiger charge is -2.08. The van der Waals surface area contributed by atoms with E-state index in [2.05, 4.69) is 9.72 Å². The van der Waals surface area contributed by atoms with Crippen molar-refractivity contribution in [1.82, 2.24) is 4.98 Å². The lowest BCUT2D eigenvalue weighted by molar-refractivity contribution is -0.0494. The van der Waals surface area contributed by atoms with Crippen molar-refractivity contribution in [3.63, 3.8) is 0 Å². The van der Waals surface area contributed by atoms with Gasteiger partial charge in [0.1, 0.15) is 10.8 Å². The fraction of sp³-hybridized carbons (Fsp3) is 0.286. The second kappa shape index (κ2) is 6.62. The number of ether oxygens (including phenoxy) is 2. The van der Waals surface area contributed by atoms with Gasteiger partial charge in [0, 0.05) is 4.88 Å². The summed E-state index contributed by atoms with van der Waals surface area (Å²) in [5.74, 6) is -0.499. The first-order valence-electron chi connectivity index (χ1n) is 6.21. The summed E-state index contributed by atoms with van der Waals surface area (Å²) in [4.78, 5) is 16.6. The molecule has 0 fully saturated rings. The SMILES string of the molecule is CCOC(=O)c1nc(-c2ccccc2OC(F)F)sc1C. The average molecular weight is 313 g/mol. The van der Waals surface area contributed by atoms with Crippen molar-refractivity contribution in [3.8, 4) is 16.3 Å². The molecule has 0 radical (unpaired) electrons. The molecule has 0 bridgehead atoms. The molecule has 0 saturated heterocycles. The Bertz CT molecular complexity index is 643. The Morgan fingerprint density at radius 2 is 2.10 bits per heavy atom. The molecular formula is C14H13F2NO3S. The van der Waals surface area contributed by atoms with Gasteiger partial charge in [0.25, 0.3) is 0 Å². The first-order valence-corrected chi connectivity index (χ1v) is 7.03. The molecule has 0 saturated carbocycles. The number of para-hydroxylation sites is 1. The van der Waals surface area contributed by atoms with Crippen LogP contribution in [0.2, 0.25) is 0 Å². The number of carbonyl (C=O) groups excluding carboxylic acids is 1. The Morgan fingerprint density at radius 1 is 1.38 bits per heavy atom. The Kier molecular flexibility index (Phi) is 4.85. The van der Waals surface area contributed by atoms with Gasteiger partial charge in [0.05, 0.1) is 12.2 Å². The zero-order valence-electron chi connectivity index (χ0n) is 11.4. The van der Waals surface area contributed by atoms with Crippen LogP contribution < -0.4 is 4.74 Å². The van der Waals surface area contributed by atoms with Crippen LogP contribution in [0, 0.1) is 6.92 Å². The minimum Gasteiger partial charge on any atom is -0.461 e. The van der Waals surface area contributed by atoms with Crippen LogP contribution in [0.5, 0.6) is 5.75 Å². The summed E-state index contributed by atoms with van der Waals surface area (Å²) in [5, 5.41) is 0.437. The average Bonchev–Trinajstić information content (AvgIpc) is 2.81. The van der Waals surface area contributed by atoms with Crippen molar-refractivity contribution in [2.24, 2.45) is 0 Å². The van der Waals surface area contributed by atoms with Gasteiger partial charge in [0.2, 0.25) is 0 Å². The van der Waals surface area contributed by atoms with E-state index >= 15 is 0 Å². The summed E-state index contributed by atoms with van der Waals surface area (Å²) in [5.41, 5.74) is 0.616. The van der Waals surface area contributed by atoms with E-state index < -0.39 is 12.6 Å². The molecule has 0 atom stereocenters. The van der Waals surface area contributed by atoms with E-state index in [4.69, 9.17) is 4.74 Å². The van der Waals surface area contributed by atoms with Crippen molar-refractivity contribution in [1.29, 1.82) is 0 Å². The lowest BCUT2D eigenvalue weighted by atomic mass is 10.2. The number of rotatable bonds is 5. The molecule has 0 amide bonds. The molecule has 0 N–H and O–H groups in total. The highest BCUT2D eigenvalue weighted by molar-refractivity contribution is 7.15. The predicted molar refractivity (Wildman–Crippen MR) is 74.9 cm³/mol. The first kappa shape index (κ1) is 15.4. The summed E-state index contributed by atoms with van der Waals surface area (Å²) in [7, 11) is 0. The predicted octanol–water partition coefficient (Wildman–Crippen LogP) is 3.90. The van der Waals surface area contributed by atoms with Crippen LogP contribution in [0.3, 0.4) is 0 Å². The molecular weight excluding hydrogens is 300 g/mol. The second-order valence-electron chi connectivity index (χ2n) is 4.02. The fourth-order valence-electron chi connectivity index (χ4n) is 1.74. The van der Waals surface area contributed by atoms with E-state index in [-0.39, 0.29) is 18.1 Å². The summed E-state index contributed by atoms with van der Waals surface area (Å²) >= 11 is 1.23. The molecule has 0 aliphatic heterocycles. The summed E-state index contributed by atoms with van der Waals surface area (Å²) in [6, 6.07) is 6.33. The Hall–Kier alpha value is -2.02. The van der Waals surface area contributed by atoms with Crippen molar-refractivity contribution < 1.29 is 23.0 Å². The van der Waals surface area contributed by atoms with Crippen LogP contribution in [0.1, 0.15) is 22.3 Å². The van der Waals surface area contributed by atoms with Crippen molar-refractivity contribution in [2.45, 2.75) is 20.5 Å². The highest BCUT2D eigenvalue weighted by atomic mass is 32.1. The third-order valence-corrected chi connectivity index (χ3v) is 3.60. The van der Waals surface area contributed by atoms with Gasteiger partial charge in [-0.15, -0.1) is 11.3 Å². The van der Waals surface area contributed by atoms with E-state index in [0.29, 0.717) is 15.4 Å². The molecule has 2 aromatic rings. The number of alkyl halides is 2. The van der Waals surface area contributed by atoms with Crippen LogP contribution in [-0.2, 0) is 4.74 Å². The summed E-state index contributed by atoms with van der Waals surface area (Å²) < 4.78 is 34.2. The number of aryl methyl sites for hydroxylation is 1. The number of hydrogen-bond donors (Lipinski definition) is 0. The van der Waals surface area contributed by atoms with Crippen LogP contribution in [0.25, 0.3) is 10.6 Å². The maximum atomic E-state index is 12.4. The van der Waals surface area contributed by atoms with Gasteiger partial charge in [0.15, 0.2) is 5.69 Å². The molecule has 1 heterocycles. The minimum absolute atomic E-state index is 0.0247. The molecule has 0 spiro atoms. The number of halogens is 2. The van der Waals surface area contributed by atoms with E-state index in [1.165, 1.54) is 17.4 Å². The third kappa shape index (κ3) is 3.55. The Morgan fingerprint density at radius 3 is 2.76 bits per heavy atom. The fourth-order valence-corrected chi connectivity index (χ4v) is 2.67. The van der Waals surface area contributed by atoms with Crippen molar-refractivity contribution in [2.75, 3.05) is 6.61 Å². The van der Waals surface area contributed by atoms with Gasteiger partial charge in [-0.05, 0) is 26.0 Å². The minimum atomic E-state index is -2.92. The standard InChI is InChI=1S/C14H13F2NO3S/c1-3-19-13(18)11-8(2)21-12(17-11)9-6-4-5-7-10(9)20-14(15)16/h4-7,14H,3H2,1-2H3. The van der Waals surface area contributed by atoms with Crippen LogP contribution in [0.15, 0.2) is 24.3 Å². The van der Waals surface area contributed by atoms with E-state index in [1.54, 1.807) is 32.0 Å². The largest absolute Gasteiger partial charge is 0.461 e.